The Hall–Kier alpha value is -3.15. The highest BCUT2D eigenvalue weighted by Crippen LogP contribution is 2.44. The van der Waals surface area contributed by atoms with Crippen LogP contribution in [-0.4, -0.2) is 16.6 Å². The number of aromatic nitrogens is 2. The van der Waals surface area contributed by atoms with Crippen molar-refractivity contribution in [1.82, 2.24) is 9.97 Å². The largest absolute Gasteiger partial charge is 0.417 e. The molecule has 0 radical (unpaired) electrons. The molecule has 1 aliphatic heterocycles. The van der Waals surface area contributed by atoms with E-state index in [2.05, 4.69) is 9.97 Å². The van der Waals surface area contributed by atoms with Gasteiger partial charge in [-0.2, -0.15) is 18.4 Å². The molecule has 30 heavy (non-hydrogen) atoms. The molecule has 2 atom stereocenters. The van der Waals surface area contributed by atoms with Gasteiger partial charge in [0.25, 0.3) is 0 Å². The first kappa shape index (κ1) is 20.1. The van der Waals surface area contributed by atoms with Crippen LogP contribution in [0.4, 0.5) is 19.0 Å². The summed E-state index contributed by atoms with van der Waals surface area (Å²) in [5.41, 5.74) is -0.490. The zero-order valence-corrected chi connectivity index (χ0v) is 16.1. The monoisotopic (exact) mass is 430 g/mol. The van der Waals surface area contributed by atoms with Gasteiger partial charge in [0.15, 0.2) is 6.23 Å². The van der Waals surface area contributed by atoms with Crippen LogP contribution in [0.25, 0.3) is 0 Å². The summed E-state index contributed by atoms with van der Waals surface area (Å²) in [7, 11) is 0. The average Bonchev–Trinajstić information content (AvgIpc) is 3.19. The van der Waals surface area contributed by atoms with Gasteiger partial charge in [-0.15, -0.1) is 0 Å². The van der Waals surface area contributed by atoms with Gasteiger partial charge in [0.2, 0.25) is 0 Å². The molecule has 1 saturated heterocycles. The second kappa shape index (κ2) is 7.94. The molecule has 3 heterocycles. The van der Waals surface area contributed by atoms with E-state index in [1.807, 2.05) is 30.3 Å². The number of nitrogens with zero attached hydrogens (tertiary/aromatic N) is 4. The lowest BCUT2D eigenvalue weighted by molar-refractivity contribution is -0.137. The molecule has 4 rings (SSSR count). The lowest BCUT2D eigenvalue weighted by Crippen LogP contribution is -2.29. The van der Waals surface area contributed by atoms with E-state index in [0.29, 0.717) is 5.69 Å². The zero-order chi connectivity index (χ0) is 21.3. The SMILES string of the molecule is N#Cc1c(C(F)(F)F)cc(N2C(c3ccccc3)COC2c2ccccn2)nc1Cl. The number of benzene rings is 1. The molecule has 2 aromatic heterocycles. The summed E-state index contributed by atoms with van der Waals surface area (Å²) in [5.74, 6) is -0.0478. The maximum absolute atomic E-state index is 13.6. The van der Waals surface area contributed by atoms with Crippen molar-refractivity contribution in [2.75, 3.05) is 11.5 Å². The Balaban J connectivity index is 1.89. The summed E-state index contributed by atoms with van der Waals surface area (Å²) in [5, 5.41) is 8.64. The predicted molar refractivity (Wildman–Crippen MR) is 104 cm³/mol. The highest BCUT2D eigenvalue weighted by molar-refractivity contribution is 6.30. The molecule has 0 bridgehead atoms. The Morgan fingerprint density at radius 3 is 2.50 bits per heavy atom. The van der Waals surface area contributed by atoms with E-state index in [1.54, 1.807) is 29.3 Å². The fourth-order valence-electron chi connectivity index (χ4n) is 3.43. The van der Waals surface area contributed by atoms with Crippen LogP contribution in [0.3, 0.4) is 0 Å². The Bertz CT molecular complexity index is 1040. The molecule has 0 N–H and O–H groups in total. The number of anilines is 1. The topological polar surface area (TPSA) is 62.0 Å². The molecule has 0 saturated carbocycles. The summed E-state index contributed by atoms with van der Waals surface area (Å²) in [6, 6.07) is 16.4. The second-order valence-electron chi connectivity index (χ2n) is 6.58. The van der Waals surface area contributed by atoms with Crippen LogP contribution in [0, 0.1) is 11.3 Å². The van der Waals surface area contributed by atoms with E-state index < -0.39 is 34.7 Å². The molecule has 1 aliphatic rings. The van der Waals surface area contributed by atoms with E-state index in [-0.39, 0.29) is 12.4 Å². The molecule has 5 nitrogen and oxygen atoms in total. The number of nitriles is 1. The molecule has 1 fully saturated rings. The van der Waals surface area contributed by atoms with E-state index in [0.717, 1.165) is 11.6 Å². The number of halogens is 4. The summed E-state index contributed by atoms with van der Waals surface area (Å²) in [6.45, 7) is 0.214. The average molecular weight is 431 g/mol. The van der Waals surface area contributed by atoms with Gasteiger partial charge in [0.1, 0.15) is 22.6 Å². The Morgan fingerprint density at radius 2 is 1.87 bits per heavy atom. The third kappa shape index (κ3) is 3.70. The fraction of sp³-hybridized carbons (Fsp3) is 0.190. The zero-order valence-electron chi connectivity index (χ0n) is 15.3. The molecule has 3 aromatic rings. The number of alkyl halides is 3. The van der Waals surface area contributed by atoms with Crippen LogP contribution in [-0.2, 0) is 10.9 Å². The van der Waals surface area contributed by atoms with Crippen LogP contribution in [0.5, 0.6) is 0 Å². The molecule has 0 amide bonds. The van der Waals surface area contributed by atoms with E-state index in [9.17, 15) is 13.2 Å². The van der Waals surface area contributed by atoms with Crippen molar-refractivity contribution in [2.24, 2.45) is 0 Å². The van der Waals surface area contributed by atoms with Gasteiger partial charge in [-0.1, -0.05) is 48.0 Å². The summed E-state index contributed by atoms with van der Waals surface area (Å²) < 4.78 is 46.8. The quantitative estimate of drug-likeness (QED) is 0.528. The molecular weight excluding hydrogens is 417 g/mol. The Labute approximate surface area is 175 Å². The van der Waals surface area contributed by atoms with Crippen molar-refractivity contribution < 1.29 is 17.9 Å². The molecule has 9 heteroatoms. The number of pyridine rings is 2. The highest BCUT2D eigenvalue weighted by atomic mass is 35.5. The fourth-order valence-corrected chi connectivity index (χ4v) is 3.66. The van der Waals surface area contributed by atoms with Crippen LogP contribution in [0.2, 0.25) is 5.15 Å². The summed E-state index contributed by atoms with van der Waals surface area (Å²) in [6.07, 6.45) is -3.96. The summed E-state index contributed by atoms with van der Waals surface area (Å²) in [4.78, 5) is 10.0. The third-order valence-corrected chi connectivity index (χ3v) is 5.04. The van der Waals surface area contributed by atoms with Crippen molar-refractivity contribution in [3.8, 4) is 6.07 Å². The van der Waals surface area contributed by atoms with E-state index in [1.165, 1.54) is 6.07 Å². The number of hydrogen-bond acceptors (Lipinski definition) is 5. The molecule has 0 aliphatic carbocycles. The van der Waals surface area contributed by atoms with Gasteiger partial charge in [0.05, 0.1) is 23.9 Å². The van der Waals surface area contributed by atoms with Gasteiger partial charge < -0.3 is 9.64 Å². The first-order valence-electron chi connectivity index (χ1n) is 8.94. The minimum atomic E-state index is -4.77. The Kier molecular flexibility index (Phi) is 5.33. The Morgan fingerprint density at radius 1 is 1.13 bits per heavy atom. The highest BCUT2D eigenvalue weighted by Gasteiger charge is 2.41. The minimum absolute atomic E-state index is 0.0478. The van der Waals surface area contributed by atoms with Crippen LogP contribution < -0.4 is 4.90 Å². The smallest absolute Gasteiger partial charge is 0.350 e. The molecule has 2 unspecified atom stereocenters. The van der Waals surface area contributed by atoms with Crippen molar-refractivity contribution >= 4 is 17.4 Å². The van der Waals surface area contributed by atoms with Gasteiger partial charge in [-0.25, -0.2) is 4.98 Å². The number of hydrogen-bond donors (Lipinski definition) is 0. The standard InChI is InChI=1S/C21H14ClF3N4O/c22-19-14(11-26)15(21(23,24)25)10-18(28-19)29-17(13-6-2-1-3-7-13)12-30-20(29)16-8-4-5-9-27-16/h1-10,17,20H,12H2. The molecule has 1 aromatic carbocycles. The van der Waals surface area contributed by atoms with Crippen molar-refractivity contribution in [2.45, 2.75) is 18.4 Å². The number of ether oxygens (including phenoxy) is 1. The van der Waals surface area contributed by atoms with Gasteiger partial charge in [0, 0.05) is 6.20 Å². The number of rotatable bonds is 3. The molecule has 0 spiro atoms. The van der Waals surface area contributed by atoms with E-state index in [4.69, 9.17) is 21.6 Å². The normalized spacial score (nSPS) is 19.0. The van der Waals surface area contributed by atoms with Gasteiger partial charge in [-0.05, 0) is 23.8 Å². The van der Waals surface area contributed by atoms with E-state index >= 15 is 0 Å². The second-order valence-corrected chi connectivity index (χ2v) is 6.94. The van der Waals surface area contributed by atoms with Crippen molar-refractivity contribution in [1.29, 1.82) is 5.26 Å². The predicted octanol–water partition coefficient (Wildman–Crippen LogP) is 5.30. The lowest BCUT2D eigenvalue weighted by Gasteiger charge is -2.30. The first-order valence-corrected chi connectivity index (χ1v) is 9.31. The lowest BCUT2D eigenvalue weighted by atomic mass is 10.1. The van der Waals surface area contributed by atoms with Gasteiger partial charge >= 0.3 is 6.18 Å². The molecular formula is C21H14ClF3N4O. The summed E-state index contributed by atoms with van der Waals surface area (Å²) >= 11 is 5.99. The van der Waals surface area contributed by atoms with Gasteiger partial charge in [-0.3, -0.25) is 4.98 Å². The van der Waals surface area contributed by atoms with Crippen molar-refractivity contribution in [3.63, 3.8) is 0 Å². The maximum Gasteiger partial charge on any atom is 0.417 e. The first-order chi connectivity index (χ1) is 14.4. The maximum atomic E-state index is 13.6. The van der Waals surface area contributed by atoms with Crippen LogP contribution >= 0.6 is 11.6 Å². The third-order valence-electron chi connectivity index (χ3n) is 4.77. The minimum Gasteiger partial charge on any atom is -0.350 e. The van der Waals surface area contributed by atoms with Crippen LogP contribution in [0.15, 0.2) is 60.8 Å². The van der Waals surface area contributed by atoms with Crippen molar-refractivity contribution in [3.05, 3.63) is 88.3 Å². The molecule has 152 valence electrons. The van der Waals surface area contributed by atoms with Crippen LogP contribution in [0.1, 0.15) is 34.7 Å².